The van der Waals surface area contributed by atoms with Gasteiger partial charge >= 0.3 is 0 Å². The zero-order valence-corrected chi connectivity index (χ0v) is 15.9. The lowest BCUT2D eigenvalue weighted by Crippen LogP contribution is -2.33. The van der Waals surface area contributed by atoms with Crippen LogP contribution in [0.4, 0.5) is 14.5 Å². The van der Waals surface area contributed by atoms with Crippen LogP contribution in [0.5, 0.6) is 11.5 Å². The predicted molar refractivity (Wildman–Crippen MR) is 108 cm³/mol. The number of halogens is 2. The lowest BCUT2D eigenvalue weighted by atomic mass is 9.92. The zero-order valence-electron chi connectivity index (χ0n) is 15.9. The van der Waals surface area contributed by atoms with Gasteiger partial charge in [0.1, 0.15) is 11.6 Å². The molecule has 6 nitrogen and oxygen atoms in total. The number of hydrogen-bond donors (Lipinski definition) is 3. The summed E-state index contributed by atoms with van der Waals surface area (Å²) in [6.45, 7) is 2.46. The molecule has 0 bridgehead atoms. The summed E-state index contributed by atoms with van der Waals surface area (Å²) >= 11 is 0. The molecule has 150 valence electrons. The molecule has 2 aromatic carbocycles. The van der Waals surface area contributed by atoms with Crippen LogP contribution >= 0.6 is 0 Å². The van der Waals surface area contributed by atoms with Gasteiger partial charge in [-0.3, -0.25) is 10.2 Å². The molecule has 0 radical (unpaired) electrons. The van der Waals surface area contributed by atoms with Gasteiger partial charge in [0.15, 0.2) is 11.6 Å². The minimum absolute atomic E-state index is 0.0240. The van der Waals surface area contributed by atoms with E-state index in [1.54, 1.807) is 19.2 Å². The molecular weight excluding hydrogens is 378 g/mol. The van der Waals surface area contributed by atoms with Gasteiger partial charge in [-0.1, -0.05) is 0 Å². The van der Waals surface area contributed by atoms with Crippen molar-refractivity contribution in [2.24, 2.45) is 0 Å². The zero-order chi connectivity index (χ0) is 21.1. The number of nitrogens with two attached hydrogens (primary N) is 1. The van der Waals surface area contributed by atoms with Crippen molar-refractivity contribution in [2.45, 2.75) is 6.92 Å². The van der Waals surface area contributed by atoms with E-state index >= 15 is 0 Å². The van der Waals surface area contributed by atoms with E-state index in [2.05, 4.69) is 5.32 Å². The second-order valence-electron chi connectivity index (χ2n) is 6.38. The first-order valence-corrected chi connectivity index (χ1v) is 8.86. The number of rotatable bonds is 5. The Morgan fingerprint density at radius 3 is 2.62 bits per heavy atom. The number of nitrogen functional groups attached to an aromatic ring is 1. The van der Waals surface area contributed by atoms with E-state index in [4.69, 9.17) is 15.9 Å². The van der Waals surface area contributed by atoms with Crippen molar-refractivity contribution in [1.82, 2.24) is 10.2 Å². The number of hydrogen-bond acceptors (Lipinski definition) is 5. The van der Waals surface area contributed by atoms with Crippen LogP contribution in [0.2, 0.25) is 0 Å². The van der Waals surface area contributed by atoms with Crippen LogP contribution in [0.15, 0.2) is 54.4 Å². The summed E-state index contributed by atoms with van der Waals surface area (Å²) in [7, 11) is 1.57. The Balaban J connectivity index is 2.08. The van der Waals surface area contributed by atoms with Crippen LogP contribution in [0, 0.1) is 17.0 Å². The van der Waals surface area contributed by atoms with Crippen LogP contribution in [0.3, 0.4) is 0 Å². The average Bonchev–Trinajstić information content (AvgIpc) is 2.68. The highest BCUT2D eigenvalue weighted by molar-refractivity contribution is 6.41. The predicted octanol–water partition coefficient (Wildman–Crippen LogP) is 3.67. The second kappa shape index (κ2) is 8.14. The van der Waals surface area contributed by atoms with Crippen molar-refractivity contribution in [3.05, 3.63) is 71.6 Å². The minimum Gasteiger partial charge on any atom is -0.454 e. The van der Waals surface area contributed by atoms with Crippen molar-refractivity contribution in [2.75, 3.05) is 19.3 Å². The third kappa shape index (κ3) is 4.11. The fourth-order valence-corrected chi connectivity index (χ4v) is 2.82. The normalized spacial score (nSPS) is 15.5. The van der Waals surface area contributed by atoms with Crippen molar-refractivity contribution < 1.29 is 18.3 Å². The molecule has 1 heterocycles. The number of carbonyl (C=O) groups is 1. The molecule has 8 heteroatoms. The van der Waals surface area contributed by atoms with Gasteiger partial charge in [-0.15, -0.1) is 0 Å². The van der Waals surface area contributed by atoms with Crippen LogP contribution in [0.25, 0.3) is 5.57 Å². The maximum absolute atomic E-state index is 14.1. The van der Waals surface area contributed by atoms with Crippen LogP contribution in [0.1, 0.15) is 12.5 Å². The molecule has 0 atom stereocenters. The number of amides is 1. The molecule has 0 saturated heterocycles. The molecule has 0 spiro atoms. The monoisotopic (exact) mass is 398 g/mol. The van der Waals surface area contributed by atoms with Crippen molar-refractivity contribution in [1.29, 1.82) is 5.41 Å². The molecule has 1 amide bonds. The molecule has 0 unspecified atom stereocenters. The van der Waals surface area contributed by atoms with Crippen molar-refractivity contribution >= 4 is 22.9 Å². The molecule has 1 aliphatic heterocycles. The Kier molecular flexibility index (Phi) is 5.63. The Morgan fingerprint density at radius 1 is 1.21 bits per heavy atom. The van der Waals surface area contributed by atoms with Crippen LogP contribution in [-0.4, -0.2) is 30.1 Å². The summed E-state index contributed by atoms with van der Waals surface area (Å²) in [6, 6.07) is 7.66. The number of nitrogens with one attached hydrogen (secondary N) is 2. The topological polar surface area (TPSA) is 91.4 Å². The number of carbonyl (C=O) groups excluding carboxylic acids is 1. The van der Waals surface area contributed by atoms with Crippen LogP contribution in [-0.2, 0) is 4.79 Å². The van der Waals surface area contributed by atoms with E-state index in [9.17, 15) is 13.6 Å². The summed E-state index contributed by atoms with van der Waals surface area (Å²) < 4.78 is 32.9. The lowest BCUT2D eigenvalue weighted by Gasteiger charge is -2.25. The van der Waals surface area contributed by atoms with Gasteiger partial charge in [-0.05, 0) is 37.3 Å². The molecule has 0 saturated carbocycles. The molecule has 0 fully saturated rings. The van der Waals surface area contributed by atoms with Gasteiger partial charge in [0.2, 0.25) is 0 Å². The summed E-state index contributed by atoms with van der Waals surface area (Å²) in [5, 5.41) is 11.4. The number of benzene rings is 2. The third-order valence-corrected chi connectivity index (χ3v) is 4.27. The fourth-order valence-electron chi connectivity index (χ4n) is 2.82. The lowest BCUT2D eigenvalue weighted by molar-refractivity contribution is -0.123. The summed E-state index contributed by atoms with van der Waals surface area (Å²) in [5.74, 6) is -1.88. The van der Waals surface area contributed by atoms with E-state index in [1.807, 2.05) is 6.92 Å². The number of allylic oxidation sites excluding steroid dienone is 1. The number of anilines is 1. The highest BCUT2D eigenvalue weighted by Gasteiger charge is 2.29. The van der Waals surface area contributed by atoms with E-state index in [0.29, 0.717) is 23.4 Å². The Hall–Kier alpha value is -3.68. The third-order valence-electron chi connectivity index (χ3n) is 4.27. The largest absolute Gasteiger partial charge is 0.454 e. The van der Waals surface area contributed by atoms with E-state index in [-0.39, 0.29) is 28.7 Å². The Morgan fingerprint density at radius 2 is 1.93 bits per heavy atom. The summed E-state index contributed by atoms with van der Waals surface area (Å²) in [4.78, 5) is 13.8. The van der Waals surface area contributed by atoms with Gasteiger partial charge in [0, 0.05) is 48.9 Å². The fraction of sp³-hybridized carbons (Fsp3) is 0.143. The first-order valence-electron chi connectivity index (χ1n) is 8.86. The number of likely N-dealkylation sites (N-methyl/N-ethyl adjacent to an activating group) is 1. The van der Waals surface area contributed by atoms with Gasteiger partial charge < -0.3 is 20.7 Å². The highest BCUT2D eigenvalue weighted by atomic mass is 19.1. The SMILES string of the molecule is CCN/C=C1\C(=N)C(c2cc(N)ccc2Oc2ccc(F)cc2F)=CN(C)C1=O. The van der Waals surface area contributed by atoms with Gasteiger partial charge in [-0.2, -0.15) is 0 Å². The van der Waals surface area contributed by atoms with Crippen molar-refractivity contribution in [3.63, 3.8) is 0 Å². The molecule has 0 aromatic heterocycles. The minimum atomic E-state index is -0.861. The van der Waals surface area contributed by atoms with E-state index in [1.165, 1.54) is 29.4 Å². The first kappa shape index (κ1) is 20.1. The average molecular weight is 398 g/mol. The van der Waals surface area contributed by atoms with E-state index in [0.717, 1.165) is 12.1 Å². The second-order valence-corrected chi connectivity index (χ2v) is 6.38. The summed E-state index contributed by atoms with van der Waals surface area (Å²) in [6.07, 6.45) is 2.98. The first-order chi connectivity index (χ1) is 13.8. The standard InChI is InChI=1S/C21H20F2N4O2/c1-3-26-10-15-20(25)16(11-27(2)21(15)28)14-9-13(24)5-7-18(14)29-19-6-4-12(22)8-17(19)23/h4-11,25-26H,3,24H2,1-2H3/b15-10+,25-20?. The maximum Gasteiger partial charge on any atom is 0.261 e. The summed E-state index contributed by atoms with van der Waals surface area (Å²) in [5.41, 5.74) is 7.24. The molecule has 29 heavy (non-hydrogen) atoms. The Labute approximate surface area is 166 Å². The molecular formula is C21H20F2N4O2. The highest BCUT2D eigenvalue weighted by Crippen LogP contribution is 2.36. The maximum atomic E-state index is 14.1. The molecule has 0 aliphatic carbocycles. The molecule has 1 aliphatic rings. The molecule has 2 aromatic rings. The number of nitrogens with zero attached hydrogens (tertiary/aromatic N) is 1. The van der Waals surface area contributed by atoms with Crippen LogP contribution < -0.4 is 15.8 Å². The molecule has 3 rings (SSSR count). The molecule has 4 N–H and O–H groups in total. The number of ether oxygens (including phenoxy) is 1. The van der Waals surface area contributed by atoms with E-state index < -0.39 is 11.6 Å². The van der Waals surface area contributed by atoms with Gasteiger partial charge in [-0.25, -0.2) is 8.78 Å². The Bertz CT molecular complexity index is 1050. The van der Waals surface area contributed by atoms with Gasteiger partial charge in [0.25, 0.3) is 5.91 Å². The van der Waals surface area contributed by atoms with Crippen molar-refractivity contribution in [3.8, 4) is 11.5 Å². The smallest absolute Gasteiger partial charge is 0.261 e. The quantitative estimate of drug-likeness (QED) is 0.529. The van der Waals surface area contributed by atoms with Gasteiger partial charge in [0.05, 0.1) is 11.3 Å².